The van der Waals surface area contributed by atoms with Gasteiger partial charge in [-0.1, -0.05) is 18.2 Å². The zero-order valence-electron chi connectivity index (χ0n) is 13.4. The van der Waals surface area contributed by atoms with Crippen molar-refractivity contribution in [1.29, 1.82) is 0 Å². The molecule has 1 aromatic carbocycles. The summed E-state index contributed by atoms with van der Waals surface area (Å²) >= 11 is 1.79. The highest BCUT2D eigenvalue weighted by Gasteiger charge is 2.22. The van der Waals surface area contributed by atoms with Crippen LogP contribution >= 0.6 is 11.3 Å². The first-order chi connectivity index (χ1) is 11.3. The normalized spacial score (nSPS) is 15.8. The predicted octanol–water partition coefficient (Wildman–Crippen LogP) is 2.85. The fraction of sp³-hybridized carbons (Fsp3) is 0.389. The molecule has 23 heavy (non-hydrogen) atoms. The molecule has 0 spiro atoms. The van der Waals surface area contributed by atoms with Gasteiger partial charge in [-0.25, -0.2) is 0 Å². The Bertz CT molecular complexity index is 634. The van der Waals surface area contributed by atoms with Crippen LogP contribution in [0.5, 0.6) is 0 Å². The standard InChI is InChI=1S/C18H22N2O2S/c1-22-14-15-4-2-5-16(12-15)18(21)20-9-7-19(8-10-20)13-17-6-3-11-23-17/h2-6,11-12H,7-10,13-14H2,1H3. The number of amides is 1. The van der Waals surface area contributed by atoms with Gasteiger partial charge in [-0.2, -0.15) is 0 Å². The van der Waals surface area contributed by atoms with Crippen molar-refractivity contribution in [2.45, 2.75) is 13.2 Å². The lowest BCUT2D eigenvalue weighted by molar-refractivity contribution is 0.0629. The van der Waals surface area contributed by atoms with Gasteiger partial charge in [0.05, 0.1) is 6.61 Å². The number of methoxy groups -OCH3 is 1. The topological polar surface area (TPSA) is 32.8 Å². The minimum Gasteiger partial charge on any atom is -0.380 e. The van der Waals surface area contributed by atoms with E-state index < -0.39 is 0 Å². The molecule has 2 aromatic rings. The summed E-state index contributed by atoms with van der Waals surface area (Å²) in [7, 11) is 1.67. The Kier molecular flexibility index (Phi) is 5.43. The Hall–Kier alpha value is -1.69. The third-order valence-electron chi connectivity index (χ3n) is 4.10. The van der Waals surface area contributed by atoms with Crippen molar-refractivity contribution >= 4 is 17.2 Å². The lowest BCUT2D eigenvalue weighted by atomic mass is 10.1. The molecule has 3 rings (SSSR count). The average molecular weight is 330 g/mol. The molecule has 1 amide bonds. The minimum atomic E-state index is 0.124. The van der Waals surface area contributed by atoms with Crippen LogP contribution in [0.25, 0.3) is 0 Å². The summed E-state index contributed by atoms with van der Waals surface area (Å²) in [6.07, 6.45) is 0. The molecule has 0 unspecified atom stereocenters. The van der Waals surface area contributed by atoms with Crippen LogP contribution in [0.3, 0.4) is 0 Å². The van der Waals surface area contributed by atoms with Gasteiger partial charge in [-0.05, 0) is 29.1 Å². The summed E-state index contributed by atoms with van der Waals surface area (Å²) in [4.78, 5) is 18.4. The van der Waals surface area contributed by atoms with Crippen LogP contribution < -0.4 is 0 Å². The molecule has 0 bridgehead atoms. The quantitative estimate of drug-likeness (QED) is 0.845. The fourth-order valence-electron chi connectivity index (χ4n) is 2.88. The number of thiophene rings is 1. The smallest absolute Gasteiger partial charge is 0.253 e. The zero-order chi connectivity index (χ0) is 16.1. The van der Waals surface area contributed by atoms with E-state index in [0.717, 1.165) is 43.9 Å². The highest BCUT2D eigenvalue weighted by molar-refractivity contribution is 7.09. The van der Waals surface area contributed by atoms with E-state index in [0.29, 0.717) is 6.61 Å². The van der Waals surface area contributed by atoms with Crippen molar-refractivity contribution in [3.63, 3.8) is 0 Å². The third kappa shape index (κ3) is 4.19. The number of nitrogens with zero attached hydrogens (tertiary/aromatic N) is 2. The molecule has 0 N–H and O–H groups in total. The molecule has 0 atom stereocenters. The Labute approximate surface area is 141 Å². The van der Waals surface area contributed by atoms with Crippen molar-refractivity contribution < 1.29 is 9.53 Å². The molecule has 1 aliphatic heterocycles. The maximum Gasteiger partial charge on any atom is 0.253 e. The molecular weight excluding hydrogens is 308 g/mol. The first-order valence-electron chi connectivity index (χ1n) is 7.88. The number of benzene rings is 1. The average Bonchev–Trinajstić information content (AvgIpc) is 3.08. The summed E-state index contributed by atoms with van der Waals surface area (Å²) in [5.41, 5.74) is 1.79. The molecule has 0 saturated carbocycles. The molecule has 1 aliphatic rings. The number of hydrogen-bond donors (Lipinski definition) is 0. The number of hydrogen-bond acceptors (Lipinski definition) is 4. The molecule has 1 aromatic heterocycles. The summed E-state index contributed by atoms with van der Waals surface area (Å²) < 4.78 is 5.14. The molecular formula is C18H22N2O2S. The Morgan fingerprint density at radius 3 is 2.70 bits per heavy atom. The molecule has 2 heterocycles. The van der Waals surface area contributed by atoms with Crippen LogP contribution in [-0.2, 0) is 17.9 Å². The molecule has 4 nitrogen and oxygen atoms in total. The van der Waals surface area contributed by atoms with Crippen LogP contribution in [0.15, 0.2) is 41.8 Å². The number of rotatable bonds is 5. The number of piperazine rings is 1. The minimum absolute atomic E-state index is 0.124. The van der Waals surface area contributed by atoms with Crippen molar-refractivity contribution in [3.05, 3.63) is 57.8 Å². The van der Waals surface area contributed by atoms with E-state index in [1.807, 2.05) is 29.2 Å². The van der Waals surface area contributed by atoms with Gasteiger partial charge < -0.3 is 9.64 Å². The largest absolute Gasteiger partial charge is 0.380 e. The molecule has 0 radical (unpaired) electrons. The van der Waals surface area contributed by atoms with E-state index in [2.05, 4.69) is 22.4 Å². The number of carbonyl (C=O) groups is 1. The van der Waals surface area contributed by atoms with E-state index in [1.54, 1.807) is 18.4 Å². The Morgan fingerprint density at radius 1 is 1.17 bits per heavy atom. The van der Waals surface area contributed by atoms with Crippen molar-refractivity contribution in [1.82, 2.24) is 9.80 Å². The second-order valence-corrected chi connectivity index (χ2v) is 6.81. The SMILES string of the molecule is COCc1cccc(C(=O)N2CCN(Cc3cccs3)CC2)c1. The van der Waals surface area contributed by atoms with Gasteiger partial charge in [-0.3, -0.25) is 9.69 Å². The summed E-state index contributed by atoms with van der Waals surface area (Å²) in [6, 6.07) is 12.0. The third-order valence-corrected chi connectivity index (χ3v) is 4.97. The number of carbonyl (C=O) groups excluding carboxylic acids is 1. The number of ether oxygens (including phenoxy) is 1. The lowest BCUT2D eigenvalue weighted by Crippen LogP contribution is -2.48. The maximum absolute atomic E-state index is 12.6. The Balaban J connectivity index is 1.56. The highest BCUT2D eigenvalue weighted by Crippen LogP contribution is 2.15. The zero-order valence-corrected chi connectivity index (χ0v) is 14.2. The summed E-state index contributed by atoms with van der Waals surface area (Å²) in [5, 5.41) is 2.11. The van der Waals surface area contributed by atoms with Crippen molar-refractivity contribution in [2.24, 2.45) is 0 Å². The summed E-state index contributed by atoms with van der Waals surface area (Å²) in [5.74, 6) is 0.124. The summed E-state index contributed by atoms with van der Waals surface area (Å²) in [6.45, 7) is 4.97. The van der Waals surface area contributed by atoms with E-state index in [-0.39, 0.29) is 5.91 Å². The monoisotopic (exact) mass is 330 g/mol. The molecule has 5 heteroatoms. The van der Waals surface area contributed by atoms with Crippen LogP contribution in [0, 0.1) is 0 Å². The lowest BCUT2D eigenvalue weighted by Gasteiger charge is -2.34. The van der Waals surface area contributed by atoms with Crippen LogP contribution in [0.1, 0.15) is 20.8 Å². The van der Waals surface area contributed by atoms with E-state index >= 15 is 0 Å². The molecule has 0 aliphatic carbocycles. The van der Waals surface area contributed by atoms with Gasteiger partial charge in [-0.15, -0.1) is 11.3 Å². The molecule has 122 valence electrons. The Morgan fingerprint density at radius 2 is 2.00 bits per heavy atom. The molecule has 1 fully saturated rings. The van der Waals surface area contributed by atoms with Crippen molar-refractivity contribution in [2.75, 3.05) is 33.3 Å². The van der Waals surface area contributed by atoms with Crippen LogP contribution in [0.2, 0.25) is 0 Å². The highest BCUT2D eigenvalue weighted by atomic mass is 32.1. The van der Waals surface area contributed by atoms with Crippen LogP contribution in [0.4, 0.5) is 0 Å². The van der Waals surface area contributed by atoms with Gasteiger partial charge >= 0.3 is 0 Å². The van der Waals surface area contributed by atoms with E-state index in [9.17, 15) is 4.79 Å². The second kappa shape index (κ2) is 7.73. The first-order valence-corrected chi connectivity index (χ1v) is 8.76. The van der Waals surface area contributed by atoms with Gasteiger partial charge in [0.15, 0.2) is 0 Å². The second-order valence-electron chi connectivity index (χ2n) is 5.78. The maximum atomic E-state index is 12.6. The first kappa shape index (κ1) is 16.2. The van der Waals surface area contributed by atoms with Crippen LogP contribution in [-0.4, -0.2) is 49.0 Å². The predicted molar refractivity (Wildman–Crippen MR) is 92.7 cm³/mol. The van der Waals surface area contributed by atoms with E-state index in [1.165, 1.54) is 4.88 Å². The molecule has 1 saturated heterocycles. The fourth-order valence-corrected chi connectivity index (χ4v) is 3.62. The van der Waals surface area contributed by atoms with E-state index in [4.69, 9.17) is 4.74 Å². The van der Waals surface area contributed by atoms with Crippen molar-refractivity contribution in [3.8, 4) is 0 Å². The van der Waals surface area contributed by atoms with Gasteiger partial charge in [0.25, 0.3) is 5.91 Å². The van der Waals surface area contributed by atoms with Gasteiger partial charge in [0.2, 0.25) is 0 Å². The van der Waals surface area contributed by atoms with Gasteiger partial charge in [0.1, 0.15) is 0 Å². The van der Waals surface area contributed by atoms with Gasteiger partial charge in [0, 0.05) is 50.3 Å².